The van der Waals surface area contributed by atoms with Crippen molar-refractivity contribution in [2.45, 2.75) is 51.7 Å². The monoisotopic (exact) mass is 494 g/mol. The molecule has 0 saturated carbocycles. The molecule has 9 nitrogen and oxygen atoms in total. The van der Waals surface area contributed by atoms with Crippen molar-refractivity contribution in [3.63, 3.8) is 0 Å². The minimum absolute atomic E-state index is 0.00257. The highest BCUT2D eigenvalue weighted by Crippen LogP contribution is 2.17. The summed E-state index contributed by atoms with van der Waals surface area (Å²) in [6.07, 6.45) is 10.7. The predicted octanol–water partition coefficient (Wildman–Crippen LogP) is 2.73. The van der Waals surface area contributed by atoms with E-state index < -0.39 is 25.0 Å². The van der Waals surface area contributed by atoms with Crippen molar-refractivity contribution in [2.75, 3.05) is 54.5 Å². The number of allylic oxidation sites excluding steroid dienone is 2. The van der Waals surface area contributed by atoms with E-state index in [1.165, 1.54) is 7.11 Å². The summed E-state index contributed by atoms with van der Waals surface area (Å²) in [6.45, 7) is 5.48. The Kier molecular flexibility index (Phi) is 14.0. The molecule has 9 heteroatoms. The molecule has 0 radical (unpaired) electrons. The van der Waals surface area contributed by atoms with Crippen LogP contribution in [0.3, 0.4) is 0 Å². The van der Waals surface area contributed by atoms with E-state index in [9.17, 15) is 14.4 Å². The third kappa shape index (κ3) is 15.1. The molecular formula is C26H44N3O6+. The Bertz CT molecular complexity index is 768. The summed E-state index contributed by atoms with van der Waals surface area (Å²) < 4.78 is 16.3. The summed E-state index contributed by atoms with van der Waals surface area (Å²) in [6, 6.07) is 0. The molecule has 0 aromatic heterocycles. The number of nitrogens with one attached hydrogen (secondary N) is 2. The Morgan fingerprint density at radius 3 is 2.49 bits per heavy atom. The number of rotatable bonds is 15. The number of ether oxygens (including phenoxy) is 3. The highest BCUT2D eigenvalue weighted by molar-refractivity contribution is 5.79. The zero-order valence-electron chi connectivity index (χ0n) is 22.2. The summed E-state index contributed by atoms with van der Waals surface area (Å²) in [5.41, 5.74) is 0.856. The Morgan fingerprint density at radius 2 is 1.83 bits per heavy atom. The SMILES string of the molecule is COC1C=C(CNC(=O)CCCC/C=C/C(C)C)C=CC1OC(=O)OCC(=O)NCC[N+](C)(C)C. The van der Waals surface area contributed by atoms with Gasteiger partial charge < -0.3 is 29.3 Å². The lowest BCUT2D eigenvalue weighted by Crippen LogP contribution is -2.42. The van der Waals surface area contributed by atoms with Crippen LogP contribution in [0, 0.1) is 5.92 Å². The zero-order valence-corrected chi connectivity index (χ0v) is 22.2. The smallest absolute Gasteiger partial charge is 0.424 e. The van der Waals surface area contributed by atoms with Crippen LogP contribution in [0.15, 0.2) is 36.0 Å². The van der Waals surface area contributed by atoms with E-state index in [2.05, 4.69) is 36.6 Å². The second-order valence-corrected chi connectivity index (χ2v) is 9.98. The van der Waals surface area contributed by atoms with Gasteiger partial charge in [0, 0.05) is 20.1 Å². The molecule has 198 valence electrons. The first-order valence-electron chi connectivity index (χ1n) is 12.3. The molecule has 1 aliphatic carbocycles. The molecule has 0 aromatic carbocycles. The molecule has 2 atom stereocenters. The number of likely N-dealkylation sites (N-methyl/N-ethyl adjacent to an activating group) is 1. The summed E-state index contributed by atoms with van der Waals surface area (Å²) in [5, 5.41) is 5.61. The van der Waals surface area contributed by atoms with Crippen LogP contribution in [0.25, 0.3) is 0 Å². The Labute approximate surface area is 210 Å². The van der Waals surface area contributed by atoms with Gasteiger partial charge in [0.05, 0.1) is 34.2 Å². The fraction of sp³-hybridized carbons (Fsp3) is 0.654. The third-order valence-corrected chi connectivity index (χ3v) is 5.17. The van der Waals surface area contributed by atoms with Crippen LogP contribution in [0.4, 0.5) is 4.79 Å². The first-order valence-corrected chi connectivity index (χ1v) is 12.3. The minimum Gasteiger partial charge on any atom is -0.424 e. The van der Waals surface area contributed by atoms with Gasteiger partial charge in [0.15, 0.2) is 12.7 Å². The van der Waals surface area contributed by atoms with Crippen molar-refractivity contribution >= 4 is 18.0 Å². The standard InChI is InChI=1S/C26H43N3O6/c1-20(2)11-9-7-8-10-12-24(30)28-18-21-13-14-22(23(17-21)33-6)35-26(32)34-19-25(31)27-15-16-29(3,4)5/h9,11,13-14,17,20,22-23H,7-8,10,12,15-16,18-19H2,1-6H3,(H-,27,28,30,31)/p+1/b11-9+. The molecule has 1 rings (SSSR count). The quantitative estimate of drug-likeness (QED) is 0.157. The lowest BCUT2D eigenvalue weighted by atomic mass is 10.0. The van der Waals surface area contributed by atoms with Crippen LogP contribution in [0.5, 0.6) is 0 Å². The number of hydrogen-bond acceptors (Lipinski definition) is 6. The van der Waals surface area contributed by atoms with Crippen molar-refractivity contribution in [1.29, 1.82) is 0 Å². The molecule has 0 saturated heterocycles. The fourth-order valence-electron chi connectivity index (χ4n) is 3.17. The number of nitrogens with zero attached hydrogens (tertiary/aromatic N) is 1. The molecule has 0 aromatic rings. The Balaban J connectivity index is 2.32. The topological polar surface area (TPSA) is 103 Å². The number of amides is 2. The van der Waals surface area contributed by atoms with Gasteiger partial charge in [-0.25, -0.2) is 4.79 Å². The molecule has 35 heavy (non-hydrogen) atoms. The van der Waals surface area contributed by atoms with Crippen LogP contribution in [0.2, 0.25) is 0 Å². The maximum atomic E-state index is 12.1. The van der Waals surface area contributed by atoms with Crippen molar-refractivity contribution < 1.29 is 33.1 Å². The highest BCUT2D eigenvalue weighted by atomic mass is 16.7. The minimum atomic E-state index is -0.947. The average Bonchev–Trinajstić information content (AvgIpc) is 2.78. The summed E-state index contributed by atoms with van der Waals surface area (Å²) in [4.78, 5) is 35.9. The van der Waals surface area contributed by atoms with Gasteiger partial charge in [-0.05, 0) is 42.9 Å². The third-order valence-electron chi connectivity index (χ3n) is 5.17. The second kappa shape index (κ2) is 16.1. The number of methoxy groups -OCH3 is 1. The van der Waals surface area contributed by atoms with Gasteiger partial charge in [-0.15, -0.1) is 0 Å². The summed E-state index contributed by atoms with van der Waals surface area (Å²) in [5.74, 6) is 0.168. The van der Waals surface area contributed by atoms with E-state index in [0.29, 0.717) is 29.9 Å². The Hall–Kier alpha value is -2.65. The van der Waals surface area contributed by atoms with Gasteiger partial charge in [0.1, 0.15) is 6.10 Å². The van der Waals surface area contributed by atoms with Gasteiger partial charge in [0.25, 0.3) is 5.91 Å². The van der Waals surface area contributed by atoms with E-state index in [4.69, 9.17) is 14.2 Å². The maximum absolute atomic E-state index is 12.1. The van der Waals surface area contributed by atoms with E-state index >= 15 is 0 Å². The van der Waals surface area contributed by atoms with E-state index in [1.807, 2.05) is 21.1 Å². The van der Waals surface area contributed by atoms with E-state index in [-0.39, 0.29) is 11.8 Å². The Morgan fingerprint density at radius 1 is 1.09 bits per heavy atom. The van der Waals surface area contributed by atoms with Gasteiger partial charge in [-0.3, -0.25) is 9.59 Å². The first-order chi connectivity index (χ1) is 16.5. The van der Waals surface area contributed by atoms with Crippen molar-refractivity contribution in [2.24, 2.45) is 5.92 Å². The van der Waals surface area contributed by atoms with Gasteiger partial charge >= 0.3 is 6.16 Å². The number of hydrogen-bond donors (Lipinski definition) is 2. The van der Waals surface area contributed by atoms with E-state index in [1.54, 1.807) is 18.2 Å². The molecule has 2 amide bonds. The van der Waals surface area contributed by atoms with Crippen LogP contribution in [-0.4, -0.2) is 89.2 Å². The second-order valence-electron chi connectivity index (χ2n) is 9.98. The van der Waals surface area contributed by atoms with Crippen LogP contribution in [-0.2, 0) is 23.8 Å². The van der Waals surface area contributed by atoms with Crippen LogP contribution in [0.1, 0.15) is 39.5 Å². The molecule has 2 unspecified atom stereocenters. The highest BCUT2D eigenvalue weighted by Gasteiger charge is 2.25. The number of carbonyl (C=O) groups is 3. The van der Waals surface area contributed by atoms with Crippen molar-refractivity contribution in [3.8, 4) is 0 Å². The maximum Gasteiger partial charge on any atom is 0.509 e. The molecule has 2 N–H and O–H groups in total. The lowest BCUT2D eigenvalue weighted by molar-refractivity contribution is -0.869. The summed E-state index contributed by atoms with van der Waals surface area (Å²) in [7, 11) is 7.57. The van der Waals surface area contributed by atoms with Gasteiger partial charge in [0.2, 0.25) is 5.91 Å². The van der Waals surface area contributed by atoms with E-state index in [0.717, 1.165) is 31.4 Å². The molecule has 0 fully saturated rings. The molecule has 0 heterocycles. The molecule has 0 spiro atoms. The fourth-order valence-corrected chi connectivity index (χ4v) is 3.17. The first kappa shape index (κ1) is 30.4. The predicted molar refractivity (Wildman–Crippen MR) is 136 cm³/mol. The van der Waals surface area contributed by atoms with Crippen molar-refractivity contribution in [3.05, 3.63) is 36.0 Å². The average molecular weight is 495 g/mol. The molecular weight excluding hydrogens is 450 g/mol. The largest absolute Gasteiger partial charge is 0.509 e. The molecule has 0 aliphatic heterocycles. The summed E-state index contributed by atoms with van der Waals surface area (Å²) >= 11 is 0. The number of unbranched alkanes of at least 4 members (excludes halogenated alkanes) is 2. The number of carbonyl (C=O) groups excluding carboxylic acids is 3. The normalized spacial score (nSPS) is 17.9. The van der Waals surface area contributed by atoms with Crippen molar-refractivity contribution in [1.82, 2.24) is 10.6 Å². The number of quaternary nitrogens is 1. The van der Waals surface area contributed by atoms with Gasteiger partial charge in [-0.1, -0.05) is 32.1 Å². The van der Waals surface area contributed by atoms with Crippen LogP contribution >= 0.6 is 0 Å². The molecule has 1 aliphatic rings. The zero-order chi connectivity index (χ0) is 26.3. The lowest BCUT2D eigenvalue weighted by Gasteiger charge is -2.25. The molecule has 0 bridgehead atoms. The van der Waals surface area contributed by atoms with Crippen LogP contribution < -0.4 is 10.6 Å². The van der Waals surface area contributed by atoms with Gasteiger partial charge in [-0.2, -0.15) is 0 Å².